The lowest BCUT2D eigenvalue weighted by Crippen LogP contribution is -2.46. The highest BCUT2D eigenvalue weighted by molar-refractivity contribution is 6.28. The van der Waals surface area contributed by atoms with E-state index in [-0.39, 0.29) is 23.6 Å². The molecule has 0 aromatic heterocycles. The van der Waals surface area contributed by atoms with Gasteiger partial charge in [0.15, 0.2) is 5.78 Å². The molecule has 0 radical (unpaired) electrons. The third-order valence-electron chi connectivity index (χ3n) is 3.09. The standard InChI is InChI=1S/C10H16ClNO2/c1-7(13)12-8-4-3-5-10(8,2)9(14)6-11/h8H,3-6H2,1-2H3,(H,12,13). The molecule has 0 heterocycles. The van der Waals surface area contributed by atoms with Crippen molar-refractivity contribution in [3.05, 3.63) is 0 Å². The number of rotatable bonds is 3. The second-order valence-corrected chi connectivity index (χ2v) is 4.39. The van der Waals surface area contributed by atoms with E-state index >= 15 is 0 Å². The summed E-state index contributed by atoms with van der Waals surface area (Å²) in [7, 11) is 0. The highest BCUT2D eigenvalue weighted by Crippen LogP contribution is 2.39. The fourth-order valence-corrected chi connectivity index (χ4v) is 2.43. The molecule has 1 aliphatic carbocycles. The molecule has 2 unspecified atom stereocenters. The Bertz CT molecular complexity index is 255. The molecule has 1 saturated carbocycles. The summed E-state index contributed by atoms with van der Waals surface area (Å²) in [6.45, 7) is 3.37. The number of halogens is 1. The van der Waals surface area contributed by atoms with Gasteiger partial charge in [-0.2, -0.15) is 0 Å². The first kappa shape index (κ1) is 11.5. The molecule has 0 saturated heterocycles. The Morgan fingerprint density at radius 3 is 2.71 bits per heavy atom. The molecule has 3 nitrogen and oxygen atoms in total. The normalized spacial score (nSPS) is 31.5. The maximum absolute atomic E-state index is 11.6. The van der Waals surface area contributed by atoms with Crippen LogP contribution >= 0.6 is 11.6 Å². The van der Waals surface area contributed by atoms with E-state index in [0.717, 1.165) is 19.3 Å². The van der Waals surface area contributed by atoms with Crippen LogP contribution in [0.4, 0.5) is 0 Å². The molecule has 1 amide bonds. The van der Waals surface area contributed by atoms with Gasteiger partial charge in [-0.25, -0.2) is 0 Å². The lowest BCUT2D eigenvalue weighted by atomic mass is 9.81. The van der Waals surface area contributed by atoms with Crippen molar-refractivity contribution in [2.45, 2.75) is 39.2 Å². The molecule has 0 bridgehead atoms. The largest absolute Gasteiger partial charge is 0.353 e. The fourth-order valence-electron chi connectivity index (χ4n) is 2.13. The Labute approximate surface area is 89.2 Å². The van der Waals surface area contributed by atoms with Crippen molar-refractivity contribution in [3.63, 3.8) is 0 Å². The first-order valence-corrected chi connectivity index (χ1v) is 5.40. The van der Waals surface area contributed by atoms with Crippen LogP contribution in [0.15, 0.2) is 0 Å². The molecule has 2 atom stereocenters. The van der Waals surface area contributed by atoms with E-state index in [4.69, 9.17) is 11.6 Å². The number of Topliss-reactive ketones (excluding diaryl/α,β-unsaturated/α-hetero) is 1. The second-order valence-electron chi connectivity index (χ2n) is 4.12. The number of carbonyl (C=O) groups excluding carboxylic acids is 2. The average Bonchev–Trinajstić information content (AvgIpc) is 2.47. The first-order chi connectivity index (χ1) is 6.50. The van der Waals surface area contributed by atoms with Gasteiger partial charge in [0, 0.05) is 18.4 Å². The Morgan fingerprint density at radius 2 is 2.21 bits per heavy atom. The number of carbonyl (C=O) groups is 2. The molecule has 1 rings (SSSR count). The van der Waals surface area contributed by atoms with E-state index in [1.54, 1.807) is 0 Å². The molecule has 0 aromatic rings. The number of ketones is 1. The molecule has 4 heteroatoms. The Morgan fingerprint density at radius 1 is 1.57 bits per heavy atom. The Kier molecular flexibility index (Phi) is 3.53. The minimum Gasteiger partial charge on any atom is -0.353 e. The highest BCUT2D eigenvalue weighted by atomic mass is 35.5. The summed E-state index contributed by atoms with van der Waals surface area (Å²) >= 11 is 5.56. The van der Waals surface area contributed by atoms with Gasteiger partial charge in [0.1, 0.15) is 0 Å². The van der Waals surface area contributed by atoms with Crippen LogP contribution in [0.3, 0.4) is 0 Å². The van der Waals surface area contributed by atoms with E-state index in [1.807, 2.05) is 6.92 Å². The number of alkyl halides is 1. The van der Waals surface area contributed by atoms with Crippen molar-refractivity contribution in [2.24, 2.45) is 5.41 Å². The number of hydrogen-bond donors (Lipinski definition) is 1. The van der Waals surface area contributed by atoms with Crippen LogP contribution in [0.25, 0.3) is 0 Å². The zero-order chi connectivity index (χ0) is 10.8. The molecule has 0 spiro atoms. The molecule has 1 aliphatic rings. The Balaban J connectivity index is 2.75. The quantitative estimate of drug-likeness (QED) is 0.729. The Hall–Kier alpha value is -0.570. The summed E-state index contributed by atoms with van der Waals surface area (Å²) in [5, 5.41) is 2.83. The summed E-state index contributed by atoms with van der Waals surface area (Å²) < 4.78 is 0. The van der Waals surface area contributed by atoms with Gasteiger partial charge in [0.2, 0.25) is 5.91 Å². The van der Waals surface area contributed by atoms with Crippen LogP contribution in [0.1, 0.15) is 33.1 Å². The average molecular weight is 218 g/mol. The maximum Gasteiger partial charge on any atom is 0.217 e. The summed E-state index contributed by atoms with van der Waals surface area (Å²) in [4.78, 5) is 22.6. The molecule has 14 heavy (non-hydrogen) atoms. The van der Waals surface area contributed by atoms with Crippen molar-refractivity contribution in [2.75, 3.05) is 5.88 Å². The minimum absolute atomic E-state index is 0.0343. The molecule has 1 N–H and O–H groups in total. The van der Waals surface area contributed by atoms with Crippen LogP contribution in [-0.2, 0) is 9.59 Å². The van der Waals surface area contributed by atoms with Gasteiger partial charge in [-0.3, -0.25) is 9.59 Å². The molecule has 0 aliphatic heterocycles. The van der Waals surface area contributed by atoms with E-state index in [9.17, 15) is 9.59 Å². The molecular weight excluding hydrogens is 202 g/mol. The number of amides is 1. The minimum atomic E-state index is -0.451. The van der Waals surface area contributed by atoms with E-state index in [0.29, 0.717) is 0 Å². The summed E-state index contributed by atoms with van der Waals surface area (Å²) in [6.07, 6.45) is 2.67. The van der Waals surface area contributed by atoms with Crippen molar-refractivity contribution in [3.8, 4) is 0 Å². The molecular formula is C10H16ClNO2. The van der Waals surface area contributed by atoms with E-state index in [2.05, 4.69) is 5.32 Å². The fraction of sp³-hybridized carbons (Fsp3) is 0.800. The predicted octanol–water partition coefficient (Wildman–Crippen LogP) is 1.49. The van der Waals surface area contributed by atoms with Gasteiger partial charge < -0.3 is 5.32 Å². The maximum atomic E-state index is 11.6. The number of hydrogen-bond acceptors (Lipinski definition) is 2. The van der Waals surface area contributed by atoms with Gasteiger partial charge in [-0.15, -0.1) is 11.6 Å². The van der Waals surface area contributed by atoms with Crippen molar-refractivity contribution < 1.29 is 9.59 Å². The zero-order valence-electron chi connectivity index (χ0n) is 8.60. The lowest BCUT2D eigenvalue weighted by Gasteiger charge is -2.29. The third kappa shape index (κ3) is 2.08. The van der Waals surface area contributed by atoms with Gasteiger partial charge >= 0.3 is 0 Å². The van der Waals surface area contributed by atoms with Crippen LogP contribution in [-0.4, -0.2) is 23.6 Å². The van der Waals surface area contributed by atoms with Crippen molar-refractivity contribution >= 4 is 23.3 Å². The summed E-state index contributed by atoms with van der Waals surface area (Å²) in [5.41, 5.74) is -0.451. The van der Waals surface area contributed by atoms with Crippen LogP contribution in [0, 0.1) is 5.41 Å². The smallest absolute Gasteiger partial charge is 0.217 e. The summed E-state index contributed by atoms with van der Waals surface area (Å²) in [5.74, 6) is -0.00651. The third-order valence-corrected chi connectivity index (χ3v) is 3.34. The second kappa shape index (κ2) is 4.30. The monoisotopic (exact) mass is 217 g/mol. The first-order valence-electron chi connectivity index (χ1n) is 4.87. The van der Waals surface area contributed by atoms with Crippen molar-refractivity contribution in [1.29, 1.82) is 0 Å². The van der Waals surface area contributed by atoms with Gasteiger partial charge in [-0.1, -0.05) is 13.3 Å². The van der Waals surface area contributed by atoms with Gasteiger partial charge in [0.25, 0.3) is 0 Å². The zero-order valence-corrected chi connectivity index (χ0v) is 9.36. The van der Waals surface area contributed by atoms with Crippen LogP contribution in [0.5, 0.6) is 0 Å². The molecule has 80 valence electrons. The van der Waals surface area contributed by atoms with Gasteiger partial charge in [-0.05, 0) is 12.8 Å². The van der Waals surface area contributed by atoms with E-state index < -0.39 is 5.41 Å². The summed E-state index contributed by atoms with van der Waals surface area (Å²) in [6, 6.07) is -0.0359. The SMILES string of the molecule is CC(=O)NC1CCCC1(C)C(=O)CCl. The predicted molar refractivity (Wildman–Crippen MR) is 55.3 cm³/mol. The highest BCUT2D eigenvalue weighted by Gasteiger charge is 2.44. The van der Waals surface area contributed by atoms with E-state index in [1.165, 1.54) is 6.92 Å². The lowest BCUT2D eigenvalue weighted by molar-refractivity contribution is -0.127. The van der Waals surface area contributed by atoms with Crippen LogP contribution < -0.4 is 5.32 Å². The van der Waals surface area contributed by atoms with Crippen molar-refractivity contribution in [1.82, 2.24) is 5.32 Å². The molecule has 0 aromatic carbocycles. The number of nitrogens with one attached hydrogen (secondary N) is 1. The van der Waals surface area contributed by atoms with Crippen LogP contribution in [0.2, 0.25) is 0 Å². The van der Waals surface area contributed by atoms with Gasteiger partial charge in [0.05, 0.1) is 5.88 Å². The topological polar surface area (TPSA) is 46.2 Å². The molecule has 1 fully saturated rings.